The van der Waals surface area contributed by atoms with Crippen LogP contribution in [0, 0.1) is 0 Å². The van der Waals surface area contributed by atoms with Gasteiger partial charge in [0.2, 0.25) is 0 Å². The van der Waals surface area contributed by atoms with Crippen molar-refractivity contribution in [3.05, 3.63) is 24.0 Å². The molecule has 4 nitrogen and oxygen atoms in total. The number of rotatable bonds is 2. The molecule has 1 saturated carbocycles. The summed E-state index contributed by atoms with van der Waals surface area (Å²) in [5.74, 6) is 0.513. The molecule has 1 aromatic heterocycles. The molecule has 3 rings (SSSR count). The maximum absolute atomic E-state index is 11.4. The molecule has 0 atom stereocenters. The van der Waals surface area contributed by atoms with Crippen LogP contribution in [-0.4, -0.2) is 38.0 Å². The quantitative estimate of drug-likeness (QED) is 0.811. The van der Waals surface area contributed by atoms with Gasteiger partial charge in [0, 0.05) is 24.2 Å². The molecule has 0 unspecified atom stereocenters. The predicted molar refractivity (Wildman–Crippen MR) is 71.7 cm³/mol. The number of hydrogen-bond acceptors (Lipinski definition) is 4. The first-order valence-corrected chi connectivity index (χ1v) is 8.23. The first-order chi connectivity index (χ1) is 8.49. The molecule has 18 heavy (non-hydrogen) atoms. The second kappa shape index (κ2) is 3.95. The van der Waals surface area contributed by atoms with Crippen molar-refractivity contribution in [2.75, 3.05) is 29.5 Å². The summed E-state index contributed by atoms with van der Waals surface area (Å²) in [6.45, 7) is 3.41. The number of aromatic nitrogens is 1. The lowest BCUT2D eigenvalue weighted by molar-refractivity contribution is 0.586. The molecule has 0 amide bonds. The summed E-state index contributed by atoms with van der Waals surface area (Å²) in [5, 5.41) is 0. The first kappa shape index (κ1) is 12.0. The van der Waals surface area contributed by atoms with Crippen molar-refractivity contribution in [2.45, 2.75) is 25.2 Å². The fraction of sp³-hybridized carbons (Fsp3) is 0.615. The van der Waals surface area contributed by atoms with Crippen molar-refractivity contribution in [1.29, 1.82) is 0 Å². The van der Waals surface area contributed by atoms with Crippen LogP contribution in [0.1, 0.15) is 25.5 Å². The van der Waals surface area contributed by atoms with Crippen molar-refractivity contribution in [2.24, 2.45) is 0 Å². The van der Waals surface area contributed by atoms with Gasteiger partial charge in [0.05, 0.1) is 23.4 Å². The average Bonchev–Trinajstić information content (AvgIpc) is 3.09. The van der Waals surface area contributed by atoms with Crippen molar-refractivity contribution in [1.82, 2.24) is 4.98 Å². The Labute approximate surface area is 108 Å². The molecule has 2 heterocycles. The highest BCUT2D eigenvalue weighted by Gasteiger charge is 2.40. The molecule has 0 spiro atoms. The van der Waals surface area contributed by atoms with E-state index in [1.807, 2.05) is 6.20 Å². The fourth-order valence-electron chi connectivity index (χ4n) is 2.34. The lowest BCUT2D eigenvalue weighted by Crippen LogP contribution is -2.40. The Hall–Kier alpha value is -1.10. The minimum atomic E-state index is -2.81. The largest absolute Gasteiger partial charge is 0.368 e. The van der Waals surface area contributed by atoms with Crippen LogP contribution in [0.15, 0.2) is 18.3 Å². The number of pyridine rings is 1. The second-order valence-electron chi connectivity index (χ2n) is 5.60. The van der Waals surface area contributed by atoms with E-state index in [2.05, 4.69) is 28.9 Å². The van der Waals surface area contributed by atoms with Crippen LogP contribution in [0.2, 0.25) is 0 Å². The van der Waals surface area contributed by atoms with E-state index in [-0.39, 0.29) is 11.5 Å². The molecule has 0 aromatic carbocycles. The summed E-state index contributed by atoms with van der Waals surface area (Å²) in [4.78, 5) is 6.64. The Morgan fingerprint density at radius 1 is 1.22 bits per heavy atom. The van der Waals surface area contributed by atoms with Crippen LogP contribution in [-0.2, 0) is 15.3 Å². The minimum absolute atomic E-state index is 0.256. The van der Waals surface area contributed by atoms with Gasteiger partial charge in [-0.3, -0.25) is 4.98 Å². The average molecular weight is 266 g/mol. The molecule has 2 fully saturated rings. The normalized spacial score (nSPS) is 24.8. The van der Waals surface area contributed by atoms with Crippen LogP contribution in [0.4, 0.5) is 5.69 Å². The summed E-state index contributed by atoms with van der Waals surface area (Å²) in [7, 11) is -2.81. The maximum Gasteiger partial charge on any atom is 0.153 e. The molecule has 2 aliphatic rings. The molecule has 0 bridgehead atoms. The summed E-state index contributed by atoms with van der Waals surface area (Å²) in [6, 6.07) is 4.16. The topological polar surface area (TPSA) is 50.3 Å². The second-order valence-corrected chi connectivity index (χ2v) is 7.90. The van der Waals surface area contributed by atoms with E-state index >= 15 is 0 Å². The van der Waals surface area contributed by atoms with Gasteiger partial charge in [-0.1, -0.05) is 6.92 Å². The molecule has 1 saturated heterocycles. The third-order valence-electron chi connectivity index (χ3n) is 4.08. The number of hydrogen-bond donors (Lipinski definition) is 0. The van der Waals surface area contributed by atoms with Gasteiger partial charge in [-0.2, -0.15) is 0 Å². The van der Waals surface area contributed by atoms with E-state index in [0.717, 1.165) is 11.4 Å². The van der Waals surface area contributed by atoms with E-state index in [0.29, 0.717) is 18.5 Å². The minimum Gasteiger partial charge on any atom is -0.368 e. The molecule has 98 valence electrons. The predicted octanol–water partition coefficient (Wildman–Crippen LogP) is 1.37. The molecule has 1 aliphatic carbocycles. The van der Waals surface area contributed by atoms with Crippen LogP contribution < -0.4 is 4.90 Å². The molecular weight excluding hydrogens is 248 g/mol. The monoisotopic (exact) mass is 266 g/mol. The maximum atomic E-state index is 11.4. The van der Waals surface area contributed by atoms with E-state index in [4.69, 9.17) is 0 Å². The Bertz CT molecular complexity index is 533. The van der Waals surface area contributed by atoms with E-state index in [1.54, 1.807) is 0 Å². The van der Waals surface area contributed by atoms with Crippen LogP contribution in [0.3, 0.4) is 0 Å². The van der Waals surface area contributed by atoms with E-state index in [9.17, 15) is 8.42 Å². The van der Waals surface area contributed by atoms with Crippen molar-refractivity contribution < 1.29 is 8.42 Å². The molecule has 0 radical (unpaired) electrons. The zero-order valence-corrected chi connectivity index (χ0v) is 11.4. The van der Waals surface area contributed by atoms with Gasteiger partial charge in [0.1, 0.15) is 0 Å². The third kappa shape index (κ3) is 2.23. The van der Waals surface area contributed by atoms with E-state index in [1.165, 1.54) is 12.8 Å². The zero-order valence-electron chi connectivity index (χ0n) is 10.6. The van der Waals surface area contributed by atoms with Gasteiger partial charge >= 0.3 is 0 Å². The first-order valence-electron chi connectivity index (χ1n) is 6.41. The van der Waals surface area contributed by atoms with Gasteiger partial charge in [0.25, 0.3) is 0 Å². The number of anilines is 1. The number of sulfone groups is 1. The van der Waals surface area contributed by atoms with Gasteiger partial charge in [-0.25, -0.2) is 8.42 Å². The molecular formula is C13H18N2O2S. The van der Waals surface area contributed by atoms with Crippen LogP contribution >= 0.6 is 0 Å². The molecule has 1 aliphatic heterocycles. The van der Waals surface area contributed by atoms with Crippen molar-refractivity contribution in [3.8, 4) is 0 Å². The highest BCUT2D eigenvalue weighted by molar-refractivity contribution is 7.91. The SMILES string of the molecule is CC1(c2ccc(N3CCS(=O)(=O)CC3)cn2)CC1. The van der Waals surface area contributed by atoms with Crippen molar-refractivity contribution in [3.63, 3.8) is 0 Å². The Morgan fingerprint density at radius 2 is 1.89 bits per heavy atom. The van der Waals surface area contributed by atoms with Gasteiger partial charge in [-0.05, 0) is 25.0 Å². The summed E-state index contributed by atoms with van der Waals surface area (Å²) in [6.07, 6.45) is 4.33. The van der Waals surface area contributed by atoms with Crippen LogP contribution in [0.5, 0.6) is 0 Å². The summed E-state index contributed by atoms with van der Waals surface area (Å²) < 4.78 is 22.8. The van der Waals surface area contributed by atoms with Gasteiger partial charge < -0.3 is 4.90 Å². The Kier molecular flexibility index (Phi) is 2.62. The highest BCUT2D eigenvalue weighted by atomic mass is 32.2. The van der Waals surface area contributed by atoms with Crippen LogP contribution in [0.25, 0.3) is 0 Å². The lowest BCUT2D eigenvalue weighted by Gasteiger charge is -2.28. The Morgan fingerprint density at radius 3 is 2.39 bits per heavy atom. The molecule has 0 N–H and O–H groups in total. The van der Waals surface area contributed by atoms with Gasteiger partial charge in [-0.15, -0.1) is 0 Å². The number of nitrogens with zero attached hydrogens (tertiary/aromatic N) is 2. The van der Waals surface area contributed by atoms with Gasteiger partial charge in [0.15, 0.2) is 9.84 Å². The third-order valence-corrected chi connectivity index (χ3v) is 5.68. The standard InChI is InChI=1S/C13H18N2O2S/c1-13(4-5-13)12-3-2-11(10-14-12)15-6-8-18(16,17)9-7-15/h2-3,10H,4-9H2,1H3. The highest BCUT2D eigenvalue weighted by Crippen LogP contribution is 2.46. The smallest absolute Gasteiger partial charge is 0.153 e. The molecule has 5 heteroatoms. The summed E-state index contributed by atoms with van der Waals surface area (Å²) in [5.41, 5.74) is 2.50. The zero-order chi connectivity index (χ0) is 12.8. The fourth-order valence-corrected chi connectivity index (χ4v) is 3.55. The van der Waals surface area contributed by atoms with Crippen molar-refractivity contribution >= 4 is 15.5 Å². The lowest BCUT2D eigenvalue weighted by atomic mass is 10.1. The molecule has 1 aromatic rings. The van der Waals surface area contributed by atoms with E-state index < -0.39 is 9.84 Å². The summed E-state index contributed by atoms with van der Waals surface area (Å²) >= 11 is 0. The Balaban J connectivity index is 1.74.